The van der Waals surface area contributed by atoms with Crippen LogP contribution in [0.15, 0.2) is 48.6 Å². The number of amides is 1. The summed E-state index contributed by atoms with van der Waals surface area (Å²) in [5, 5.41) is 120. The average molecular weight is 1140 g/mol. The number of carbonyl (C=O) groups excluding carboxylic acids is 1. The number of carbonyl (C=O) groups is 1. The Bertz CT molecular complexity index is 1650. The van der Waals surface area contributed by atoms with E-state index in [0.717, 1.165) is 83.5 Å². The van der Waals surface area contributed by atoms with Gasteiger partial charge in [0.25, 0.3) is 0 Å². The molecule has 19 nitrogen and oxygen atoms in total. The van der Waals surface area contributed by atoms with Gasteiger partial charge in [-0.05, 0) is 57.8 Å². The molecule has 466 valence electrons. The Morgan fingerprint density at radius 3 is 1.31 bits per heavy atom. The van der Waals surface area contributed by atoms with Crippen molar-refractivity contribution < 1.29 is 89.4 Å². The molecule has 0 radical (unpaired) electrons. The minimum absolute atomic E-state index is 0.227. The first-order valence-corrected chi connectivity index (χ1v) is 30.9. The molecular formula is C61H109NO18. The molecule has 0 saturated carbocycles. The number of nitrogens with one attached hydrogen (secondary N) is 1. The summed E-state index contributed by atoms with van der Waals surface area (Å²) in [7, 11) is 0. The molecular weight excluding hydrogens is 1030 g/mol. The zero-order chi connectivity index (χ0) is 58.3. The van der Waals surface area contributed by atoms with E-state index in [-0.39, 0.29) is 18.9 Å². The molecule has 19 heteroatoms. The van der Waals surface area contributed by atoms with Gasteiger partial charge in [0.1, 0.15) is 73.2 Å². The molecule has 3 saturated heterocycles. The van der Waals surface area contributed by atoms with Crippen molar-refractivity contribution in [3.8, 4) is 0 Å². The van der Waals surface area contributed by atoms with Gasteiger partial charge in [0.2, 0.25) is 5.91 Å². The van der Waals surface area contributed by atoms with Crippen LogP contribution in [0, 0.1) is 0 Å². The molecule has 0 aromatic carbocycles. The summed E-state index contributed by atoms with van der Waals surface area (Å²) in [5.74, 6) is -0.290. The van der Waals surface area contributed by atoms with Gasteiger partial charge in [0, 0.05) is 6.42 Å². The van der Waals surface area contributed by atoms with Gasteiger partial charge >= 0.3 is 0 Å². The molecule has 3 fully saturated rings. The Hall–Kier alpha value is -2.25. The molecule has 0 spiro atoms. The van der Waals surface area contributed by atoms with E-state index >= 15 is 0 Å². The Kier molecular flexibility index (Phi) is 39.8. The summed E-state index contributed by atoms with van der Waals surface area (Å²) in [6.45, 7) is 1.68. The molecule has 3 rings (SSSR count). The minimum atomic E-state index is -1.98. The van der Waals surface area contributed by atoms with Crippen molar-refractivity contribution in [3.05, 3.63) is 48.6 Å². The van der Waals surface area contributed by atoms with Gasteiger partial charge in [-0.1, -0.05) is 184 Å². The summed E-state index contributed by atoms with van der Waals surface area (Å²) in [5.41, 5.74) is 0. The molecule has 1 amide bonds. The normalized spacial score (nSPS) is 30.3. The molecule has 0 aromatic rings. The van der Waals surface area contributed by atoms with E-state index < -0.39 is 124 Å². The predicted molar refractivity (Wildman–Crippen MR) is 305 cm³/mol. The van der Waals surface area contributed by atoms with Gasteiger partial charge in [-0.25, -0.2) is 0 Å². The summed E-state index contributed by atoms with van der Waals surface area (Å²) < 4.78 is 34.2. The zero-order valence-electron chi connectivity index (χ0n) is 48.5. The van der Waals surface area contributed by atoms with Crippen LogP contribution < -0.4 is 5.32 Å². The van der Waals surface area contributed by atoms with Gasteiger partial charge < -0.3 is 89.9 Å². The third-order valence-electron chi connectivity index (χ3n) is 15.4. The van der Waals surface area contributed by atoms with Crippen molar-refractivity contribution in [2.75, 3.05) is 26.4 Å². The Morgan fingerprint density at radius 1 is 0.450 bits per heavy atom. The molecule has 3 aliphatic rings. The highest BCUT2D eigenvalue weighted by Crippen LogP contribution is 2.33. The van der Waals surface area contributed by atoms with Crippen LogP contribution in [0.1, 0.15) is 200 Å². The second-order valence-corrected chi connectivity index (χ2v) is 22.2. The van der Waals surface area contributed by atoms with Crippen LogP contribution in [0.4, 0.5) is 0 Å². The zero-order valence-corrected chi connectivity index (χ0v) is 48.5. The summed E-state index contributed by atoms with van der Waals surface area (Å²) >= 11 is 0. The molecule has 12 N–H and O–H groups in total. The summed E-state index contributed by atoms with van der Waals surface area (Å²) in [4.78, 5) is 13.3. The van der Waals surface area contributed by atoms with Crippen molar-refractivity contribution in [3.63, 3.8) is 0 Å². The molecule has 0 aromatic heterocycles. The van der Waals surface area contributed by atoms with E-state index in [1.54, 1.807) is 6.08 Å². The third-order valence-corrected chi connectivity index (χ3v) is 15.4. The molecule has 3 heterocycles. The van der Waals surface area contributed by atoms with Gasteiger partial charge in [0.15, 0.2) is 18.9 Å². The highest BCUT2D eigenvalue weighted by Gasteiger charge is 2.53. The fourth-order valence-corrected chi connectivity index (χ4v) is 10.3. The molecule has 80 heavy (non-hydrogen) atoms. The predicted octanol–water partition coefficient (Wildman–Crippen LogP) is 5.87. The van der Waals surface area contributed by atoms with Gasteiger partial charge in [-0.3, -0.25) is 4.79 Å². The average Bonchev–Trinajstić information content (AvgIpc) is 3.50. The first-order valence-electron chi connectivity index (χ1n) is 30.9. The second-order valence-electron chi connectivity index (χ2n) is 22.2. The minimum Gasteiger partial charge on any atom is -0.394 e. The smallest absolute Gasteiger partial charge is 0.220 e. The SMILES string of the molecule is CCCCC/C=C\C/C=C\C/C=C\CCCCCCCCC(=O)NC(COC1OC(CO)C(OC2OC(CO)C(OC3OC(CO)C(O)C(O)C3O)C(O)C2O)C(O)C1O)C(O)/C=C/CCCCCCCCCCCCCCCC. The van der Waals surface area contributed by atoms with Crippen LogP contribution in [0.2, 0.25) is 0 Å². The van der Waals surface area contributed by atoms with E-state index in [9.17, 15) is 61.0 Å². The second kappa shape index (κ2) is 44.3. The Labute approximate surface area is 478 Å². The highest BCUT2D eigenvalue weighted by molar-refractivity contribution is 5.76. The maximum atomic E-state index is 13.3. The summed E-state index contributed by atoms with van der Waals surface area (Å²) in [6, 6.07) is -0.980. The molecule has 0 aliphatic carbocycles. The van der Waals surface area contributed by atoms with Gasteiger partial charge in [0.05, 0.1) is 38.6 Å². The number of aliphatic hydroxyl groups excluding tert-OH is 11. The lowest BCUT2D eigenvalue weighted by molar-refractivity contribution is -0.379. The van der Waals surface area contributed by atoms with Crippen LogP contribution in [0.25, 0.3) is 0 Å². The largest absolute Gasteiger partial charge is 0.394 e. The van der Waals surface area contributed by atoms with Crippen LogP contribution in [-0.2, 0) is 33.2 Å². The van der Waals surface area contributed by atoms with E-state index in [4.69, 9.17) is 28.4 Å². The van der Waals surface area contributed by atoms with Crippen LogP contribution in [-0.4, -0.2) is 193 Å². The summed E-state index contributed by atoms with van der Waals surface area (Å²) in [6.07, 6.45) is 22.2. The van der Waals surface area contributed by atoms with Crippen LogP contribution >= 0.6 is 0 Å². The number of ether oxygens (including phenoxy) is 6. The third kappa shape index (κ3) is 27.6. The maximum absolute atomic E-state index is 13.3. The Balaban J connectivity index is 1.51. The first kappa shape index (κ1) is 72.0. The first-order chi connectivity index (χ1) is 38.8. The fraction of sp³-hybridized carbons (Fsp3) is 0.852. The van der Waals surface area contributed by atoms with Crippen molar-refractivity contribution in [2.45, 2.75) is 304 Å². The number of hydrogen-bond acceptors (Lipinski definition) is 18. The standard InChI is InChI=1S/C61H109NO18/c1-3-5-7-9-11-13-15-17-19-21-22-23-25-27-29-31-33-35-37-39-49(67)62-44(45(66)38-36-34-32-30-28-26-24-20-18-16-14-12-10-8-6-4-2)43-75-59-55(73)52(70)57(47(41-64)77-59)80-61-56(74)53(71)58(48(42-65)78-61)79-60-54(72)51(69)50(68)46(40-63)76-60/h11,13,17,19,22-23,36,38,44-48,50-61,63-66,68-74H,3-10,12,14-16,18,20-21,24-35,37,39-43H2,1-2H3,(H,62,67)/b13-11-,19-17-,23-22-,38-36+. The van der Waals surface area contributed by atoms with Crippen molar-refractivity contribution in [1.29, 1.82) is 0 Å². The van der Waals surface area contributed by atoms with Gasteiger partial charge in [-0.2, -0.15) is 0 Å². The fourth-order valence-electron chi connectivity index (χ4n) is 10.3. The number of rotatable bonds is 45. The highest BCUT2D eigenvalue weighted by atomic mass is 16.8. The van der Waals surface area contributed by atoms with Crippen molar-refractivity contribution in [1.82, 2.24) is 5.32 Å². The van der Waals surface area contributed by atoms with Crippen LogP contribution in [0.5, 0.6) is 0 Å². The van der Waals surface area contributed by atoms with E-state index in [2.05, 4.69) is 55.6 Å². The number of hydrogen-bond donors (Lipinski definition) is 12. The quantitative estimate of drug-likeness (QED) is 0.0250. The monoisotopic (exact) mass is 1140 g/mol. The number of aliphatic hydroxyl groups is 11. The lowest BCUT2D eigenvalue weighted by atomic mass is 9.96. The van der Waals surface area contributed by atoms with Gasteiger partial charge in [-0.15, -0.1) is 0 Å². The van der Waals surface area contributed by atoms with E-state index in [1.165, 1.54) is 89.9 Å². The molecule has 0 bridgehead atoms. The Morgan fingerprint density at radius 2 is 0.825 bits per heavy atom. The van der Waals surface area contributed by atoms with E-state index in [0.29, 0.717) is 6.42 Å². The lowest BCUT2D eigenvalue weighted by Gasteiger charge is -2.48. The van der Waals surface area contributed by atoms with Crippen molar-refractivity contribution in [2.24, 2.45) is 0 Å². The molecule has 3 aliphatic heterocycles. The van der Waals surface area contributed by atoms with Crippen LogP contribution in [0.3, 0.4) is 0 Å². The molecule has 17 unspecified atom stereocenters. The van der Waals surface area contributed by atoms with E-state index in [1.807, 2.05) is 6.08 Å². The van der Waals surface area contributed by atoms with Crippen molar-refractivity contribution >= 4 is 5.91 Å². The topological polar surface area (TPSA) is 307 Å². The maximum Gasteiger partial charge on any atom is 0.220 e. The lowest BCUT2D eigenvalue weighted by Crippen LogP contribution is -2.66. The number of unbranched alkanes of at least 4 members (excludes halogenated alkanes) is 23. The number of allylic oxidation sites excluding steroid dienone is 7. The molecule has 17 atom stereocenters.